The van der Waals surface area contributed by atoms with Gasteiger partial charge in [-0.3, -0.25) is 4.79 Å². The molecule has 1 heterocycles. The van der Waals surface area contributed by atoms with Gasteiger partial charge in [0, 0.05) is 25.2 Å². The van der Waals surface area contributed by atoms with Crippen molar-refractivity contribution < 1.29 is 9.53 Å². The molecular formula is C15H20N2O2. The summed E-state index contributed by atoms with van der Waals surface area (Å²) in [6.45, 7) is 2.31. The van der Waals surface area contributed by atoms with Crippen molar-refractivity contribution in [2.75, 3.05) is 26.2 Å². The van der Waals surface area contributed by atoms with Crippen LogP contribution in [-0.4, -0.2) is 43.2 Å². The van der Waals surface area contributed by atoms with Gasteiger partial charge in [0.2, 0.25) is 0 Å². The Morgan fingerprint density at radius 2 is 2.21 bits per heavy atom. The van der Waals surface area contributed by atoms with Crippen LogP contribution in [0.25, 0.3) is 0 Å². The van der Waals surface area contributed by atoms with E-state index in [1.807, 2.05) is 11.0 Å². The van der Waals surface area contributed by atoms with Crippen molar-refractivity contribution in [2.45, 2.75) is 25.4 Å². The Kier molecular flexibility index (Phi) is 3.53. The quantitative estimate of drug-likeness (QED) is 0.862. The topological polar surface area (TPSA) is 55.6 Å². The molecule has 1 amide bonds. The van der Waals surface area contributed by atoms with Crippen LogP contribution in [0.4, 0.5) is 0 Å². The molecule has 1 aliphatic heterocycles. The zero-order valence-electron chi connectivity index (χ0n) is 11.1. The number of benzene rings is 1. The summed E-state index contributed by atoms with van der Waals surface area (Å²) in [7, 11) is 0. The number of amides is 1. The maximum absolute atomic E-state index is 12.5. The summed E-state index contributed by atoms with van der Waals surface area (Å²) < 4.78 is 5.50. The molecule has 1 aromatic carbocycles. The van der Waals surface area contributed by atoms with E-state index in [0.717, 1.165) is 18.4 Å². The number of aryl methyl sites for hydroxylation is 2. The number of nitrogens with zero attached hydrogens (tertiary/aromatic N) is 1. The molecule has 0 radical (unpaired) electrons. The van der Waals surface area contributed by atoms with Crippen molar-refractivity contribution >= 4 is 5.91 Å². The highest BCUT2D eigenvalue weighted by Gasteiger charge is 2.24. The molecule has 4 heteroatoms. The molecule has 0 saturated carbocycles. The summed E-state index contributed by atoms with van der Waals surface area (Å²) in [4.78, 5) is 14.3. The predicted molar refractivity (Wildman–Crippen MR) is 73.2 cm³/mol. The normalized spacial score (nSPS) is 22.4. The molecule has 19 heavy (non-hydrogen) atoms. The SMILES string of the molecule is NC[C@H]1CN(C(=O)c2ccc3c(c2)CCC3)CCO1. The summed E-state index contributed by atoms with van der Waals surface area (Å²) in [5, 5.41) is 0. The molecule has 0 spiro atoms. The molecule has 1 saturated heterocycles. The second-order valence-electron chi connectivity index (χ2n) is 5.32. The van der Waals surface area contributed by atoms with Crippen LogP contribution >= 0.6 is 0 Å². The molecule has 0 bridgehead atoms. The first-order valence-electron chi connectivity index (χ1n) is 7.00. The number of carbonyl (C=O) groups is 1. The van der Waals surface area contributed by atoms with Crippen molar-refractivity contribution in [1.29, 1.82) is 0 Å². The third kappa shape index (κ3) is 2.51. The Morgan fingerprint density at radius 3 is 3.05 bits per heavy atom. The lowest BCUT2D eigenvalue weighted by atomic mass is 10.1. The van der Waals surface area contributed by atoms with E-state index in [0.29, 0.717) is 26.2 Å². The third-order valence-corrected chi connectivity index (χ3v) is 4.03. The zero-order chi connectivity index (χ0) is 13.2. The summed E-state index contributed by atoms with van der Waals surface area (Å²) in [6, 6.07) is 6.13. The second kappa shape index (κ2) is 5.31. The van der Waals surface area contributed by atoms with E-state index in [1.54, 1.807) is 0 Å². The highest BCUT2D eigenvalue weighted by molar-refractivity contribution is 5.94. The van der Waals surface area contributed by atoms with Crippen LogP contribution in [0, 0.1) is 0 Å². The van der Waals surface area contributed by atoms with Gasteiger partial charge >= 0.3 is 0 Å². The van der Waals surface area contributed by atoms with Crippen LogP contribution in [0.5, 0.6) is 0 Å². The molecule has 2 aliphatic rings. The first kappa shape index (κ1) is 12.6. The van der Waals surface area contributed by atoms with Gasteiger partial charge in [-0.2, -0.15) is 0 Å². The van der Waals surface area contributed by atoms with E-state index in [4.69, 9.17) is 10.5 Å². The molecule has 4 nitrogen and oxygen atoms in total. The minimum Gasteiger partial charge on any atom is -0.373 e. The molecule has 1 atom stereocenters. The summed E-state index contributed by atoms with van der Waals surface area (Å²) >= 11 is 0. The Bertz CT molecular complexity index is 487. The van der Waals surface area contributed by atoms with Gasteiger partial charge in [0.05, 0.1) is 12.7 Å². The smallest absolute Gasteiger partial charge is 0.254 e. The molecule has 1 aliphatic carbocycles. The molecule has 1 fully saturated rings. The lowest BCUT2D eigenvalue weighted by Gasteiger charge is -2.32. The van der Waals surface area contributed by atoms with Crippen LogP contribution in [0.2, 0.25) is 0 Å². The Hall–Kier alpha value is -1.39. The molecule has 0 aromatic heterocycles. The largest absolute Gasteiger partial charge is 0.373 e. The van der Waals surface area contributed by atoms with Gasteiger partial charge in [0.15, 0.2) is 0 Å². The van der Waals surface area contributed by atoms with Gasteiger partial charge in [-0.25, -0.2) is 0 Å². The van der Waals surface area contributed by atoms with Gasteiger partial charge in [-0.1, -0.05) is 6.07 Å². The molecule has 3 rings (SSSR count). The fraction of sp³-hybridized carbons (Fsp3) is 0.533. The highest BCUT2D eigenvalue weighted by Crippen LogP contribution is 2.23. The maximum Gasteiger partial charge on any atom is 0.254 e. The van der Waals surface area contributed by atoms with E-state index in [9.17, 15) is 4.79 Å². The lowest BCUT2D eigenvalue weighted by molar-refractivity contribution is -0.0167. The van der Waals surface area contributed by atoms with Crippen molar-refractivity contribution in [3.05, 3.63) is 34.9 Å². The van der Waals surface area contributed by atoms with Crippen molar-refractivity contribution in [3.8, 4) is 0 Å². The standard InChI is InChI=1S/C15H20N2O2/c16-9-14-10-17(6-7-19-14)15(18)13-5-4-11-2-1-3-12(11)8-13/h4-5,8,14H,1-3,6-7,9-10,16H2/t14-/m0/s1. The van der Waals surface area contributed by atoms with Crippen LogP contribution in [0.3, 0.4) is 0 Å². The molecule has 2 N–H and O–H groups in total. The van der Waals surface area contributed by atoms with E-state index in [2.05, 4.69) is 12.1 Å². The van der Waals surface area contributed by atoms with Crippen LogP contribution in [0.1, 0.15) is 27.9 Å². The number of rotatable bonds is 2. The fourth-order valence-corrected chi connectivity index (χ4v) is 2.93. The van der Waals surface area contributed by atoms with Crippen LogP contribution in [0.15, 0.2) is 18.2 Å². The van der Waals surface area contributed by atoms with Crippen molar-refractivity contribution in [1.82, 2.24) is 4.90 Å². The number of fused-ring (bicyclic) bond motifs is 1. The number of carbonyl (C=O) groups excluding carboxylic acids is 1. The van der Waals surface area contributed by atoms with E-state index < -0.39 is 0 Å². The number of nitrogens with two attached hydrogens (primary N) is 1. The molecule has 1 aromatic rings. The Labute approximate surface area is 113 Å². The van der Waals surface area contributed by atoms with E-state index in [1.165, 1.54) is 17.5 Å². The van der Waals surface area contributed by atoms with Gasteiger partial charge in [0.25, 0.3) is 5.91 Å². The Balaban J connectivity index is 1.76. The predicted octanol–water partition coefficient (Wildman–Crippen LogP) is 0.975. The van der Waals surface area contributed by atoms with E-state index >= 15 is 0 Å². The zero-order valence-corrected chi connectivity index (χ0v) is 11.1. The van der Waals surface area contributed by atoms with Crippen LogP contribution in [-0.2, 0) is 17.6 Å². The fourth-order valence-electron chi connectivity index (χ4n) is 2.93. The van der Waals surface area contributed by atoms with Gasteiger partial charge in [-0.15, -0.1) is 0 Å². The average Bonchev–Trinajstić information content (AvgIpc) is 2.94. The molecule has 0 unspecified atom stereocenters. The molecular weight excluding hydrogens is 240 g/mol. The summed E-state index contributed by atoms with van der Waals surface area (Å²) in [6.07, 6.45) is 3.44. The van der Waals surface area contributed by atoms with E-state index in [-0.39, 0.29) is 12.0 Å². The average molecular weight is 260 g/mol. The van der Waals surface area contributed by atoms with Crippen LogP contribution < -0.4 is 5.73 Å². The second-order valence-corrected chi connectivity index (χ2v) is 5.32. The van der Waals surface area contributed by atoms with Gasteiger partial charge in [-0.05, 0) is 42.5 Å². The van der Waals surface area contributed by atoms with Crippen molar-refractivity contribution in [2.24, 2.45) is 5.73 Å². The first-order chi connectivity index (χ1) is 9.28. The number of hydrogen-bond acceptors (Lipinski definition) is 3. The maximum atomic E-state index is 12.5. The summed E-state index contributed by atoms with van der Waals surface area (Å²) in [5.74, 6) is 0.108. The molecule has 102 valence electrons. The Morgan fingerprint density at radius 1 is 1.37 bits per heavy atom. The van der Waals surface area contributed by atoms with Crippen molar-refractivity contribution in [3.63, 3.8) is 0 Å². The third-order valence-electron chi connectivity index (χ3n) is 4.03. The summed E-state index contributed by atoms with van der Waals surface area (Å²) in [5.41, 5.74) is 9.16. The highest BCUT2D eigenvalue weighted by atomic mass is 16.5. The minimum atomic E-state index is -0.0212. The monoisotopic (exact) mass is 260 g/mol. The first-order valence-corrected chi connectivity index (χ1v) is 7.00. The number of hydrogen-bond donors (Lipinski definition) is 1. The number of morpholine rings is 1. The van der Waals surface area contributed by atoms with Gasteiger partial charge < -0.3 is 15.4 Å². The lowest BCUT2D eigenvalue weighted by Crippen LogP contribution is -2.48. The number of ether oxygens (including phenoxy) is 1. The van der Waals surface area contributed by atoms with Gasteiger partial charge in [0.1, 0.15) is 0 Å². The minimum absolute atomic E-state index is 0.0212.